The first-order chi connectivity index (χ1) is 14.9. The summed E-state index contributed by atoms with van der Waals surface area (Å²) in [5.74, 6) is 1.57. The van der Waals surface area contributed by atoms with Crippen molar-refractivity contribution in [2.45, 2.75) is 38.0 Å². The molecule has 1 unspecified atom stereocenters. The van der Waals surface area contributed by atoms with Crippen molar-refractivity contribution >= 4 is 34.8 Å². The molecule has 6 nitrogen and oxygen atoms in total. The highest BCUT2D eigenvalue weighted by molar-refractivity contribution is 6.42. The van der Waals surface area contributed by atoms with Gasteiger partial charge >= 0.3 is 0 Å². The first kappa shape index (κ1) is 20.5. The summed E-state index contributed by atoms with van der Waals surface area (Å²) >= 11 is 12.4. The zero-order chi connectivity index (χ0) is 21.8. The van der Waals surface area contributed by atoms with Gasteiger partial charge in [0.05, 0.1) is 28.9 Å². The van der Waals surface area contributed by atoms with E-state index in [1.165, 1.54) is 0 Å². The molecule has 5 rings (SSSR count). The highest BCUT2D eigenvalue weighted by Crippen LogP contribution is 2.52. The molecule has 3 aliphatic heterocycles. The van der Waals surface area contributed by atoms with E-state index in [1.54, 1.807) is 20.1 Å². The number of benzene rings is 2. The van der Waals surface area contributed by atoms with Gasteiger partial charge in [0.15, 0.2) is 11.5 Å². The Kier molecular flexibility index (Phi) is 5.02. The lowest BCUT2D eigenvalue weighted by molar-refractivity contribution is -0.159. The molecule has 0 N–H and O–H groups in total. The van der Waals surface area contributed by atoms with Crippen LogP contribution in [0.15, 0.2) is 41.5 Å². The van der Waals surface area contributed by atoms with E-state index in [0.717, 1.165) is 29.0 Å². The molecule has 1 saturated heterocycles. The fourth-order valence-electron chi connectivity index (χ4n) is 4.78. The molecule has 1 spiro atoms. The molecule has 2 aromatic rings. The summed E-state index contributed by atoms with van der Waals surface area (Å²) in [6.07, 6.45) is 2.05. The van der Waals surface area contributed by atoms with Gasteiger partial charge in [-0.05, 0) is 23.8 Å². The lowest BCUT2D eigenvalue weighted by Crippen LogP contribution is -2.59. The van der Waals surface area contributed by atoms with E-state index in [1.807, 2.05) is 29.2 Å². The number of fused-ring (bicyclic) bond motifs is 4. The normalized spacial score (nSPS) is 21.3. The Hall–Kier alpha value is -2.44. The van der Waals surface area contributed by atoms with Gasteiger partial charge in [0.1, 0.15) is 0 Å². The minimum atomic E-state index is -0.629. The van der Waals surface area contributed by atoms with Crippen LogP contribution in [0.4, 0.5) is 0 Å². The van der Waals surface area contributed by atoms with Crippen molar-refractivity contribution in [1.29, 1.82) is 0 Å². The van der Waals surface area contributed by atoms with Gasteiger partial charge in [0.2, 0.25) is 11.6 Å². The number of carbonyl (C=O) groups is 1. The molecule has 8 heteroatoms. The van der Waals surface area contributed by atoms with Crippen LogP contribution in [0.2, 0.25) is 10.0 Å². The second kappa shape index (κ2) is 7.61. The molecule has 162 valence electrons. The van der Waals surface area contributed by atoms with Gasteiger partial charge in [-0.25, -0.2) is 5.01 Å². The molecule has 0 bridgehead atoms. The predicted molar refractivity (Wildman–Crippen MR) is 120 cm³/mol. The topological polar surface area (TPSA) is 54.4 Å². The van der Waals surface area contributed by atoms with Crippen molar-refractivity contribution in [3.05, 3.63) is 57.6 Å². The van der Waals surface area contributed by atoms with E-state index in [-0.39, 0.29) is 11.9 Å². The SMILES string of the molecule is COc1cccc2c1OC1(CCN(C(C)=O)CC1)N1N=C(c3ccc(Cl)c(Cl)c3)CC21. The van der Waals surface area contributed by atoms with Gasteiger partial charge in [0, 0.05) is 44.8 Å². The van der Waals surface area contributed by atoms with E-state index >= 15 is 0 Å². The molecule has 3 aliphatic rings. The van der Waals surface area contributed by atoms with Crippen LogP contribution in [0, 0.1) is 0 Å². The predicted octanol–water partition coefficient (Wildman–Crippen LogP) is 4.88. The summed E-state index contributed by atoms with van der Waals surface area (Å²) < 4.78 is 12.3. The Balaban J connectivity index is 1.58. The van der Waals surface area contributed by atoms with Crippen LogP contribution in [0.3, 0.4) is 0 Å². The molecule has 0 saturated carbocycles. The molecular weight excluding hydrogens is 437 g/mol. The number of likely N-dealkylation sites (tertiary alicyclic amines) is 1. The van der Waals surface area contributed by atoms with Crippen molar-refractivity contribution in [3.63, 3.8) is 0 Å². The Morgan fingerprint density at radius 3 is 2.65 bits per heavy atom. The van der Waals surface area contributed by atoms with E-state index < -0.39 is 5.72 Å². The van der Waals surface area contributed by atoms with Crippen molar-refractivity contribution < 1.29 is 14.3 Å². The number of nitrogens with zero attached hydrogens (tertiary/aromatic N) is 3. The van der Waals surface area contributed by atoms with E-state index in [2.05, 4.69) is 11.1 Å². The standard InChI is InChI=1S/C23H23Cl2N3O3/c1-14(29)27-10-8-23(9-11-27)28-20(16-4-3-5-21(30-2)22(16)31-23)13-19(26-28)15-6-7-17(24)18(25)12-15/h3-7,12,20H,8-11,13H2,1-2H3. The number of halogens is 2. The Bertz CT molecular complexity index is 1080. The summed E-state index contributed by atoms with van der Waals surface area (Å²) in [5, 5.41) is 8.16. The van der Waals surface area contributed by atoms with Crippen LogP contribution in [-0.4, -0.2) is 47.5 Å². The number of piperidine rings is 1. The summed E-state index contributed by atoms with van der Waals surface area (Å²) in [5.41, 5.74) is 2.31. The van der Waals surface area contributed by atoms with E-state index in [4.69, 9.17) is 37.8 Å². The molecule has 1 amide bonds. The van der Waals surface area contributed by atoms with Crippen LogP contribution in [0.25, 0.3) is 0 Å². The third kappa shape index (κ3) is 3.33. The van der Waals surface area contributed by atoms with Gasteiger partial charge < -0.3 is 14.4 Å². The van der Waals surface area contributed by atoms with Crippen LogP contribution in [-0.2, 0) is 4.79 Å². The first-order valence-electron chi connectivity index (χ1n) is 10.4. The van der Waals surface area contributed by atoms with Gasteiger partial charge in [-0.2, -0.15) is 5.10 Å². The Morgan fingerprint density at radius 2 is 1.97 bits per heavy atom. The van der Waals surface area contributed by atoms with Gasteiger partial charge in [0.25, 0.3) is 0 Å². The van der Waals surface area contributed by atoms with Crippen LogP contribution >= 0.6 is 23.2 Å². The monoisotopic (exact) mass is 459 g/mol. The maximum absolute atomic E-state index is 11.9. The molecule has 0 aliphatic carbocycles. The zero-order valence-corrected chi connectivity index (χ0v) is 18.9. The third-order valence-electron chi connectivity index (χ3n) is 6.45. The molecule has 2 aromatic carbocycles. The van der Waals surface area contributed by atoms with E-state index in [9.17, 15) is 4.79 Å². The van der Waals surface area contributed by atoms with Crippen molar-refractivity contribution in [2.75, 3.05) is 20.2 Å². The highest BCUT2D eigenvalue weighted by atomic mass is 35.5. The number of hydrazone groups is 1. The summed E-state index contributed by atoms with van der Waals surface area (Å²) in [6.45, 7) is 2.86. The Labute approximate surface area is 191 Å². The second-order valence-corrected chi connectivity index (χ2v) is 8.99. The zero-order valence-electron chi connectivity index (χ0n) is 17.4. The summed E-state index contributed by atoms with van der Waals surface area (Å²) in [7, 11) is 1.66. The minimum Gasteiger partial charge on any atom is -0.493 e. The number of carbonyl (C=O) groups excluding carboxylic acids is 1. The molecule has 1 atom stereocenters. The van der Waals surface area contributed by atoms with Crippen molar-refractivity contribution in [1.82, 2.24) is 9.91 Å². The van der Waals surface area contributed by atoms with Gasteiger partial charge in [-0.15, -0.1) is 0 Å². The number of ether oxygens (including phenoxy) is 2. The quantitative estimate of drug-likeness (QED) is 0.641. The van der Waals surface area contributed by atoms with Crippen LogP contribution in [0.1, 0.15) is 43.4 Å². The maximum Gasteiger partial charge on any atom is 0.219 e. The average molecular weight is 460 g/mol. The third-order valence-corrected chi connectivity index (χ3v) is 7.19. The largest absolute Gasteiger partial charge is 0.493 e. The molecule has 0 radical (unpaired) electrons. The average Bonchev–Trinajstić information content (AvgIpc) is 3.23. The van der Waals surface area contributed by atoms with Gasteiger partial charge in [-0.1, -0.05) is 41.4 Å². The molecule has 31 heavy (non-hydrogen) atoms. The fraction of sp³-hybridized carbons (Fsp3) is 0.391. The second-order valence-electron chi connectivity index (χ2n) is 8.17. The number of para-hydroxylation sites is 1. The first-order valence-corrected chi connectivity index (χ1v) is 11.1. The number of hydrogen-bond donors (Lipinski definition) is 0. The number of methoxy groups -OCH3 is 1. The maximum atomic E-state index is 11.9. The summed E-state index contributed by atoms with van der Waals surface area (Å²) in [6, 6.07) is 11.6. The lowest BCUT2D eigenvalue weighted by Gasteiger charge is -2.51. The molecule has 3 heterocycles. The lowest BCUT2D eigenvalue weighted by atomic mass is 9.90. The minimum absolute atomic E-state index is 0.0205. The van der Waals surface area contributed by atoms with Crippen molar-refractivity contribution in [3.8, 4) is 11.5 Å². The highest BCUT2D eigenvalue weighted by Gasteiger charge is 2.52. The smallest absolute Gasteiger partial charge is 0.219 e. The number of hydrogen-bond acceptors (Lipinski definition) is 5. The summed E-state index contributed by atoms with van der Waals surface area (Å²) in [4.78, 5) is 13.8. The molecule has 0 aromatic heterocycles. The molecule has 1 fully saturated rings. The van der Waals surface area contributed by atoms with Crippen LogP contribution < -0.4 is 9.47 Å². The Morgan fingerprint density at radius 1 is 1.19 bits per heavy atom. The number of rotatable bonds is 2. The van der Waals surface area contributed by atoms with E-state index in [0.29, 0.717) is 41.7 Å². The number of amides is 1. The van der Waals surface area contributed by atoms with Gasteiger partial charge in [-0.3, -0.25) is 4.79 Å². The van der Waals surface area contributed by atoms with Crippen molar-refractivity contribution in [2.24, 2.45) is 5.10 Å². The fourth-order valence-corrected chi connectivity index (χ4v) is 5.08. The molecular formula is C23H23Cl2N3O3. The van der Waals surface area contributed by atoms with Crippen LogP contribution in [0.5, 0.6) is 11.5 Å².